The standard InChI is InChI=1S/C21H20N2O4S/c1-15-7-11-17(12-8-15)27-20-6-4-3-5-19(20)23-28(25,26)18-13-9-16(10-14-18)21(24)22-2/h3-14,23H,1-2H3,(H,22,24). The second-order valence-electron chi connectivity index (χ2n) is 6.12. The number of benzene rings is 3. The van der Waals surface area contributed by atoms with Crippen molar-refractivity contribution in [2.24, 2.45) is 0 Å². The van der Waals surface area contributed by atoms with Gasteiger partial charge in [-0.2, -0.15) is 0 Å². The molecule has 0 aliphatic rings. The summed E-state index contributed by atoms with van der Waals surface area (Å²) < 4.78 is 33.8. The third-order valence-corrected chi connectivity index (χ3v) is 5.42. The maximum absolute atomic E-state index is 12.7. The van der Waals surface area contributed by atoms with Gasteiger partial charge in [-0.15, -0.1) is 0 Å². The van der Waals surface area contributed by atoms with Gasteiger partial charge in [-0.1, -0.05) is 29.8 Å². The molecule has 0 spiro atoms. The van der Waals surface area contributed by atoms with Gasteiger partial charge in [-0.25, -0.2) is 8.42 Å². The summed E-state index contributed by atoms with van der Waals surface area (Å²) in [6.07, 6.45) is 0. The van der Waals surface area contributed by atoms with Crippen LogP contribution in [0.4, 0.5) is 5.69 Å². The number of carbonyl (C=O) groups excluding carboxylic acids is 1. The minimum atomic E-state index is -3.85. The number of ether oxygens (including phenoxy) is 1. The normalized spacial score (nSPS) is 10.9. The summed E-state index contributed by atoms with van der Waals surface area (Å²) in [5.74, 6) is 0.706. The van der Waals surface area contributed by atoms with Crippen molar-refractivity contribution in [2.75, 3.05) is 11.8 Å². The summed E-state index contributed by atoms with van der Waals surface area (Å²) in [4.78, 5) is 11.7. The predicted molar refractivity (Wildman–Crippen MR) is 108 cm³/mol. The van der Waals surface area contributed by atoms with Crippen molar-refractivity contribution >= 4 is 21.6 Å². The number of hydrogen-bond donors (Lipinski definition) is 2. The Morgan fingerprint density at radius 2 is 1.54 bits per heavy atom. The molecule has 0 unspecified atom stereocenters. The lowest BCUT2D eigenvalue weighted by Crippen LogP contribution is -2.18. The fourth-order valence-corrected chi connectivity index (χ4v) is 3.58. The second kappa shape index (κ2) is 8.14. The molecule has 0 saturated carbocycles. The Hall–Kier alpha value is -3.32. The van der Waals surface area contributed by atoms with E-state index in [-0.39, 0.29) is 10.8 Å². The first-order valence-electron chi connectivity index (χ1n) is 8.57. The largest absolute Gasteiger partial charge is 0.455 e. The number of amides is 1. The molecule has 0 heterocycles. The van der Waals surface area contributed by atoms with E-state index < -0.39 is 10.0 Å². The van der Waals surface area contributed by atoms with Gasteiger partial charge in [0.05, 0.1) is 10.6 Å². The Labute approximate surface area is 164 Å². The fourth-order valence-electron chi connectivity index (χ4n) is 2.51. The summed E-state index contributed by atoms with van der Waals surface area (Å²) in [5.41, 5.74) is 1.80. The molecule has 144 valence electrons. The molecular weight excluding hydrogens is 376 g/mol. The SMILES string of the molecule is CNC(=O)c1ccc(S(=O)(=O)Nc2ccccc2Oc2ccc(C)cc2)cc1. The molecule has 2 N–H and O–H groups in total. The number of anilines is 1. The van der Waals surface area contributed by atoms with Crippen LogP contribution in [0.3, 0.4) is 0 Å². The Bertz CT molecular complexity index is 1080. The highest BCUT2D eigenvalue weighted by Gasteiger charge is 2.17. The highest BCUT2D eigenvalue weighted by molar-refractivity contribution is 7.92. The van der Waals surface area contributed by atoms with E-state index in [4.69, 9.17) is 4.74 Å². The molecule has 0 radical (unpaired) electrons. The van der Waals surface area contributed by atoms with Gasteiger partial charge >= 0.3 is 0 Å². The lowest BCUT2D eigenvalue weighted by Gasteiger charge is -2.14. The Balaban J connectivity index is 1.84. The number of hydrogen-bond acceptors (Lipinski definition) is 4. The summed E-state index contributed by atoms with van der Waals surface area (Å²) >= 11 is 0. The molecule has 6 nitrogen and oxygen atoms in total. The smallest absolute Gasteiger partial charge is 0.262 e. The van der Waals surface area contributed by atoms with Gasteiger partial charge in [0.2, 0.25) is 0 Å². The molecule has 0 saturated heterocycles. The van der Waals surface area contributed by atoms with Crippen LogP contribution in [0.2, 0.25) is 0 Å². The highest BCUT2D eigenvalue weighted by Crippen LogP contribution is 2.31. The van der Waals surface area contributed by atoms with E-state index in [1.165, 1.54) is 31.3 Å². The monoisotopic (exact) mass is 396 g/mol. The van der Waals surface area contributed by atoms with Crippen molar-refractivity contribution < 1.29 is 17.9 Å². The van der Waals surface area contributed by atoms with Gasteiger partial charge in [-0.3, -0.25) is 9.52 Å². The number of carbonyl (C=O) groups is 1. The van der Waals surface area contributed by atoms with Gasteiger partial charge in [0.1, 0.15) is 5.75 Å². The van der Waals surface area contributed by atoms with E-state index in [2.05, 4.69) is 10.0 Å². The molecule has 3 aromatic carbocycles. The van der Waals surface area contributed by atoms with E-state index in [1.54, 1.807) is 24.3 Å². The van der Waals surface area contributed by atoms with Crippen LogP contribution in [-0.4, -0.2) is 21.4 Å². The summed E-state index contributed by atoms with van der Waals surface area (Å²) in [5, 5.41) is 2.49. The average molecular weight is 396 g/mol. The maximum atomic E-state index is 12.7. The zero-order valence-electron chi connectivity index (χ0n) is 15.5. The molecule has 0 atom stereocenters. The summed E-state index contributed by atoms with van der Waals surface area (Å²) in [6, 6.07) is 19.9. The first-order valence-corrected chi connectivity index (χ1v) is 10.1. The molecule has 0 aliphatic carbocycles. The second-order valence-corrected chi connectivity index (χ2v) is 7.80. The van der Waals surface area contributed by atoms with E-state index >= 15 is 0 Å². The highest BCUT2D eigenvalue weighted by atomic mass is 32.2. The van der Waals surface area contributed by atoms with Crippen molar-refractivity contribution in [3.8, 4) is 11.5 Å². The minimum absolute atomic E-state index is 0.0466. The van der Waals surface area contributed by atoms with E-state index in [1.807, 2.05) is 31.2 Å². The number of nitrogens with one attached hydrogen (secondary N) is 2. The lowest BCUT2D eigenvalue weighted by atomic mass is 10.2. The van der Waals surface area contributed by atoms with Gasteiger partial charge in [-0.05, 0) is 55.5 Å². The molecule has 3 aromatic rings. The van der Waals surface area contributed by atoms with Crippen LogP contribution in [0.1, 0.15) is 15.9 Å². The summed E-state index contributed by atoms with van der Waals surface area (Å²) in [7, 11) is -2.33. The zero-order chi connectivity index (χ0) is 20.1. The van der Waals surface area contributed by atoms with Crippen molar-refractivity contribution in [3.63, 3.8) is 0 Å². The summed E-state index contributed by atoms with van der Waals surface area (Å²) in [6.45, 7) is 1.97. The van der Waals surface area contributed by atoms with Gasteiger partial charge in [0.15, 0.2) is 5.75 Å². The van der Waals surface area contributed by atoms with Crippen molar-refractivity contribution in [2.45, 2.75) is 11.8 Å². The van der Waals surface area contributed by atoms with Crippen molar-refractivity contribution in [3.05, 3.63) is 83.9 Å². The Kier molecular flexibility index (Phi) is 5.65. The average Bonchev–Trinajstić information content (AvgIpc) is 2.70. The number of rotatable bonds is 6. The number of sulfonamides is 1. The van der Waals surface area contributed by atoms with E-state index in [0.717, 1.165) is 5.56 Å². The van der Waals surface area contributed by atoms with E-state index in [0.29, 0.717) is 22.7 Å². The zero-order valence-corrected chi connectivity index (χ0v) is 16.3. The third-order valence-electron chi connectivity index (χ3n) is 4.03. The van der Waals surface area contributed by atoms with Crippen LogP contribution in [-0.2, 0) is 10.0 Å². The predicted octanol–water partition coefficient (Wildman–Crippen LogP) is 3.95. The van der Waals surface area contributed by atoms with Gasteiger partial charge in [0.25, 0.3) is 15.9 Å². The van der Waals surface area contributed by atoms with Gasteiger partial charge < -0.3 is 10.1 Å². The molecule has 0 aromatic heterocycles. The number of aryl methyl sites for hydroxylation is 1. The van der Waals surface area contributed by atoms with Crippen molar-refractivity contribution in [1.29, 1.82) is 0 Å². The quantitative estimate of drug-likeness (QED) is 0.661. The number of para-hydroxylation sites is 2. The maximum Gasteiger partial charge on any atom is 0.262 e. The molecular formula is C21H20N2O4S. The topological polar surface area (TPSA) is 84.5 Å². The first kappa shape index (κ1) is 19.4. The Morgan fingerprint density at radius 1 is 0.893 bits per heavy atom. The first-order chi connectivity index (χ1) is 13.4. The lowest BCUT2D eigenvalue weighted by molar-refractivity contribution is 0.0963. The molecule has 28 heavy (non-hydrogen) atoms. The molecule has 1 amide bonds. The third kappa shape index (κ3) is 4.50. The van der Waals surface area contributed by atoms with Crippen LogP contribution >= 0.6 is 0 Å². The van der Waals surface area contributed by atoms with Crippen LogP contribution in [0.25, 0.3) is 0 Å². The van der Waals surface area contributed by atoms with Crippen LogP contribution in [0.5, 0.6) is 11.5 Å². The molecule has 3 rings (SSSR count). The van der Waals surface area contributed by atoms with Crippen LogP contribution in [0.15, 0.2) is 77.7 Å². The molecule has 7 heteroatoms. The van der Waals surface area contributed by atoms with Gasteiger partial charge in [0, 0.05) is 12.6 Å². The molecule has 0 bridgehead atoms. The fraction of sp³-hybridized carbons (Fsp3) is 0.0952. The minimum Gasteiger partial charge on any atom is -0.455 e. The molecule has 0 aliphatic heterocycles. The van der Waals surface area contributed by atoms with E-state index in [9.17, 15) is 13.2 Å². The van der Waals surface area contributed by atoms with Crippen molar-refractivity contribution in [1.82, 2.24) is 5.32 Å². The Morgan fingerprint density at radius 3 is 2.18 bits per heavy atom. The van der Waals surface area contributed by atoms with Crippen LogP contribution in [0, 0.1) is 6.92 Å². The molecule has 0 fully saturated rings. The van der Waals surface area contributed by atoms with Crippen LogP contribution < -0.4 is 14.8 Å².